The summed E-state index contributed by atoms with van der Waals surface area (Å²) in [4.78, 5) is 12.1. The van der Waals surface area contributed by atoms with Gasteiger partial charge in [0.1, 0.15) is 11.5 Å². The van der Waals surface area contributed by atoms with Crippen molar-refractivity contribution in [3.8, 4) is 17.4 Å². The fourth-order valence-corrected chi connectivity index (χ4v) is 2.55. The molecule has 1 heterocycles. The van der Waals surface area contributed by atoms with Crippen LogP contribution in [0.4, 0.5) is 5.69 Å². The van der Waals surface area contributed by atoms with Crippen LogP contribution in [-0.4, -0.2) is 27.3 Å². The van der Waals surface area contributed by atoms with E-state index >= 15 is 0 Å². The molecule has 0 fully saturated rings. The van der Waals surface area contributed by atoms with Crippen molar-refractivity contribution in [2.45, 2.75) is 6.92 Å². The van der Waals surface area contributed by atoms with Crippen LogP contribution in [0.5, 0.6) is 17.4 Å². The van der Waals surface area contributed by atoms with Gasteiger partial charge in [0.05, 0.1) is 17.7 Å². The molecule has 2 aromatic carbocycles. The van der Waals surface area contributed by atoms with E-state index in [4.69, 9.17) is 4.74 Å². The molecule has 2 N–H and O–H groups in total. The lowest BCUT2D eigenvalue weighted by Crippen LogP contribution is -1.93. The first kappa shape index (κ1) is 16.5. The number of phenols is 1. The molecule has 7 nitrogen and oxygen atoms in total. The van der Waals surface area contributed by atoms with Crippen molar-refractivity contribution in [2.24, 2.45) is 17.3 Å². The van der Waals surface area contributed by atoms with Gasteiger partial charge in [-0.1, -0.05) is 12.1 Å². The van der Waals surface area contributed by atoms with E-state index in [9.17, 15) is 15.0 Å². The number of aryl methyl sites for hydroxylation is 1. The molecule has 0 aliphatic carbocycles. The van der Waals surface area contributed by atoms with Gasteiger partial charge in [-0.2, -0.15) is 0 Å². The maximum absolute atomic E-state index is 12.1. The zero-order valence-electron chi connectivity index (χ0n) is 13.8. The number of azo groups is 1. The molecule has 25 heavy (non-hydrogen) atoms. The first-order chi connectivity index (χ1) is 12.0. The van der Waals surface area contributed by atoms with Gasteiger partial charge >= 0.3 is 0 Å². The third-order valence-electron chi connectivity index (χ3n) is 3.80. The topological polar surface area (TPSA) is 96.4 Å². The molecule has 1 amide bonds. The van der Waals surface area contributed by atoms with E-state index < -0.39 is 5.91 Å². The molecule has 0 spiro atoms. The van der Waals surface area contributed by atoms with Crippen LogP contribution in [-0.2, 0) is 7.05 Å². The third-order valence-corrected chi connectivity index (χ3v) is 3.80. The van der Waals surface area contributed by atoms with Gasteiger partial charge in [-0.15, -0.1) is 10.2 Å². The Labute approximate surface area is 143 Å². The van der Waals surface area contributed by atoms with Crippen LogP contribution < -0.4 is 4.74 Å². The molecule has 128 valence electrons. The van der Waals surface area contributed by atoms with Crippen LogP contribution >= 0.6 is 0 Å². The standard InChI is InChI=1S/C18H17N3O4/c1-3-25-11-8-9-14-13(10-11)16(18(24)21(14)2)19-20-17(23)12-6-4-5-7-15(12)22/h4-10,22,24H,3H2,1-2H3. The fraction of sp³-hybridized carbons (Fsp3) is 0.167. The number of carbonyl (C=O) groups excluding carboxylic acids is 1. The SMILES string of the molecule is CCOc1ccc2c(c1)c(N=NC(=O)c1ccccc1O)c(O)n2C. The summed E-state index contributed by atoms with van der Waals surface area (Å²) in [6.45, 7) is 2.38. The number of aromatic nitrogens is 1. The molecular formula is C18H17N3O4. The quantitative estimate of drug-likeness (QED) is 0.704. The number of phenolic OH excluding ortho intramolecular Hbond substituents is 1. The van der Waals surface area contributed by atoms with Gasteiger partial charge in [0.2, 0.25) is 5.88 Å². The molecule has 3 rings (SSSR count). The van der Waals surface area contributed by atoms with E-state index in [1.165, 1.54) is 12.1 Å². The summed E-state index contributed by atoms with van der Waals surface area (Å²) >= 11 is 0. The Balaban J connectivity index is 2.03. The van der Waals surface area contributed by atoms with E-state index in [1.54, 1.807) is 41.9 Å². The summed E-state index contributed by atoms with van der Waals surface area (Å²) in [5.41, 5.74) is 0.939. The Bertz CT molecular complexity index is 976. The second-order valence-electron chi connectivity index (χ2n) is 5.37. The van der Waals surface area contributed by atoms with E-state index in [2.05, 4.69) is 10.2 Å². The lowest BCUT2D eigenvalue weighted by molar-refractivity contribution is 0.0992. The minimum atomic E-state index is -0.699. The average Bonchev–Trinajstić information content (AvgIpc) is 2.84. The van der Waals surface area contributed by atoms with Crippen LogP contribution in [0.2, 0.25) is 0 Å². The second kappa shape index (κ2) is 6.64. The highest BCUT2D eigenvalue weighted by atomic mass is 16.5. The summed E-state index contributed by atoms with van der Waals surface area (Å²) in [5, 5.41) is 28.2. The number of carbonyl (C=O) groups is 1. The summed E-state index contributed by atoms with van der Waals surface area (Å²) in [6.07, 6.45) is 0. The molecule has 0 bridgehead atoms. The van der Waals surface area contributed by atoms with Gasteiger partial charge < -0.3 is 19.5 Å². The molecule has 0 saturated heterocycles. The molecular weight excluding hydrogens is 322 g/mol. The molecule has 0 saturated carbocycles. The van der Waals surface area contributed by atoms with Crippen molar-refractivity contribution >= 4 is 22.5 Å². The summed E-state index contributed by atoms with van der Waals surface area (Å²) < 4.78 is 7.01. The largest absolute Gasteiger partial charge is 0.507 e. The number of hydrogen-bond donors (Lipinski definition) is 2. The van der Waals surface area contributed by atoms with Crippen molar-refractivity contribution in [3.63, 3.8) is 0 Å². The summed E-state index contributed by atoms with van der Waals surface area (Å²) in [5.74, 6) is -0.357. The Hall–Kier alpha value is -3.35. The zero-order valence-corrected chi connectivity index (χ0v) is 13.8. The van der Waals surface area contributed by atoms with Gasteiger partial charge in [0.25, 0.3) is 5.91 Å². The fourth-order valence-electron chi connectivity index (χ4n) is 2.55. The lowest BCUT2D eigenvalue weighted by atomic mass is 10.2. The lowest BCUT2D eigenvalue weighted by Gasteiger charge is -2.03. The molecule has 0 radical (unpaired) electrons. The molecule has 0 atom stereocenters. The van der Waals surface area contributed by atoms with Gasteiger partial charge in [0.15, 0.2) is 5.69 Å². The van der Waals surface area contributed by atoms with Crippen molar-refractivity contribution in [3.05, 3.63) is 48.0 Å². The average molecular weight is 339 g/mol. The molecule has 0 aliphatic rings. The Morgan fingerprint density at radius 1 is 1.20 bits per heavy atom. The van der Waals surface area contributed by atoms with E-state index in [1.807, 2.05) is 6.92 Å². The number of benzene rings is 2. The Morgan fingerprint density at radius 2 is 1.96 bits per heavy atom. The second-order valence-corrected chi connectivity index (χ2v) is 5.37. The Morgan fingerprint density at radius 3 is 2.68 bits per heavy atom. The number of para-hydroxylation sites is 1. The molecule has 0 aliphatic heterocycles. The highest BCUT2D eigenvalue weighted by Gasteiger charge is 2.16. The molecule has 0 unspecified atom stereocenters. The smallest absolute Gasteiger partial charge is 0.299 e. The van der Waals surface area contributed by atoms with Crippen LogP contribution in [0.25, 0.3) is 10.9 Å². The maximum atomic E-state index is 12.1. The van der Waals surface area contributed by atoms with Crippen LogP contribution in [0.15, 0.2) is 52.7 Å². The number of nitrogens with zero attached hydrogens (tertiary/aromatic N) is 3. The number of amides is 1. The van der Waals surface area contributed by atoms with Gasteiger partial charge in [0, 0.05) is 12.4 Å². The highest BCUT2D eigenvalue weighted by Crippen LogP contribution is 2.39. The normalized spacial score (nSPS) is 11.3. The van der Waals surface area contributed by atoms with Crippen LogP contribution in [0.1, 0.15) is 17.3 Å². The van der Waals surface area contributed by atoms with Gasteiger partial charge in [-0.3, -0.25) is 4.79 Å². The van der Waals surface area contributed by atoms with Crippen molar-refractivity contribution in [1.29, 1.82) is 0 Å². The number of aromatic hydroxyl groups is 2. The van der Waals surface area contributed by atoms with E-state index in [0.717, 1.165) is 5.52 Å². The van der Waals surface area contributed by atoms with E-state index in [-0.39, 0.29) is 22.9 Å². The monoisotopic (exact) mass is 339 g/mol. The predicted octanol–water partition coefficient (Wildman–Crippen LogP) is 3.91. The van der Waals surface area contributed by atoms with Crippen LogP contribution in [0, 0.1) is 0 Å². The minimum absolute atomic E-state index is 0.0426. The first-order valence-corrected chi connectivity index (χ1v) is 7.71. The van der Waals surface area contributed by atoms with Gasteiger partial charge in [-0.05, 0) is 37.3 Å². The minimum Gasteiger partial charge on any atom is -0.507 e. The number of rotatable bonds is 4. The van der Waals surface area contributed by atoms with Crippen molar-refractivity contribution < 1.29 is 19.7 Å². The summed E-state index contributed by atoms with van der Waals surface area (Å²) in [7, 11) is 1.68. The summed E-state index contributed by atoms with van der Waals surface area (Å²) in [6, 6.07) is 11.4. The third kappa shape index (κ3) is 3.03. The molecule has 3 aromatic rings. The maximum Gasteiger partial charge on any atom is 0.299 e. The first-order valence-electron chi connectivity index (χ1n) is 7.71. The van der Waals surface area contributed by atoms with E-state index in [0.29, 0.717) is 17.7 Å². The van der Waals surface area contributed by atoms with Crippen LogP contribution in [0.3, 0.4) is 0 Å². The zero-order chi connectivity index (χ0) is 18.0. The molecule has 1 aromatic heterocycles. The van der Waals surface area contributed by atoms with Gasteiger partial charge in [-0.25, -0.2) is 0 Å². The van der Waals surface area contributed by atoms with Crippen molar-refractivity contribution in [1.82, 2.24) is 4.57 Å². The molecule has 7 heteroatoms. The Kier molecular flexibility index (Phi) is 4.38. The number of hydrogen-bond acceptors (Lipinski definition) is 5. The number of ether oxygens (including phenoxy) is 1. The number of fused-ring (bicyclic) bond motifs is 1. The highest BCUT2D eigenvalue weighted by molar-refractivity contribution is 5.99. The predicted molar refractivity (Wildman–Crippen MR) is 92.7 cm³/mol. The van der Waals surface area contributed by atoms with Crippen molar-refractivity contribution in [2.75, 3.05) is 6.61 Å².